The lowest BCUT2D eigenvalue weighted by molar-refractivity contribution is 0.247. The largest absolute Gasteiger partial charge is 0.331 e. The van der Waals surface area contributed by atoms with E-state index < -0.39 is 0 Å². The van der Waals surface area contributed by atoms with Crippen LogP contribution in [-0.2, 0) is 6.42 Å². The molecule has 1 aromatic carbocycles. The van der Waals surface area contributed by atoms with Crippen molar-refractivity contribution < 1.29 is 4.79 Å². The van der Waals surface area contributed by atoms with E-state index in [1.807, 2.05) is 30.3 Å². The van der Waals surface area contributed by atoms with Crippen LogP contribution in [0.4, 0.5) is 10.5 Å². The standard InChI is InChI=1S/C18H18N4OS/c23-18(21-16-2-1-3-17-14(16)9-11-24-17)20-13-6-4-12(5-7-13)15-8-10-19-22-15/h4-11,16H,1-3H2,(H,19,22)(H2,20,21,23). The number of aromatic nitrogens is 2. The maximum atomic E-state index is 12.3. The molecule has 122 valence electrons. The molecule has 0 spiro atoms. The molecule has 1 aliphatic carbocycles. The second-order valence-electron chi connectivity index (χ2n) is 5.89. The van der Waals surface area contributed by atoms with Crippen LogP contribution in [0.2, 0.25) is 0 Å². The van der Waals surface area contributed by atoms with Crippen molar-refractivity contribution in [2.45, 2.75) is 25.3 Å². The lowest BCUT2D eigenvalue weighted by atomic mass is 9.94. The number of carbonyl (C=O) groups excluding carboxylic acids is 1. The number of aromatic amines is 1. The highest BCUT2D eigenvalue weighted by molar-refractivity contribution is 7.10. The SMILES string of the molecule is O=C(Nc1ccc(-c2ccn[nH]2)cc1)NC1CCCc2sccc21. The zero-order valence-corrected chi connectivity index (χ0v) is 13.9. The average molecular weight is 338 g/mol. The topological polar surface area (TPSA) is 69.8 Å². The fourth-order valence-electron chi connectivity index (χ4n) is 3.11. The highest BCUT2D eigenvalue weighted by Crippen LogP contribution is 2.33. The Balaban J connectivity index is 1.40. The van der Waals surface area contributed by atoms with Crippen molar-refractivity contribution >= 4 is 23.1 Å². The zero-order chi connectivity index (χ0) is 16.4. The number of H-pyrrole nitrogens is 1. The van der Waals surface area contributed by atoms with Crippen molar-refractivity contribution in [2.75, 3.05) is 5.32 Å². The first-order valence-corrected chi connectivity index (χ1v) is 8.91. The van der Waals surface area contributed by atoms with Crippen LogP contribution in [0.5, 0.6) is 0 Å². The van der Waals surface area contributed by atoms with E-state index in [9.17, 15) is 4.79 Å². The maximum absolute atomic E-state index is 12.3. The number of benzene rings is 1. The Labute approximate surface area is 144 Å². The van der Waals surface area contributed by atoms with Crippen LogP contribution in [0, 0.1) is 0 Å². The number of amides is 2. The number of carbonyl (C=O) groups is 1. The molecule has 1 atom stereocenters. The van der Waals surface area contributed by atoms with Gasteiger partial charge in [0.05, 0.1) is 11.7 Å². The Morgan fingerprint density at radius 3 is 2.88 bits per heavy atom. The summed E-state index contributed by atoms with van der Waals surface area (Å²) in [6.07, 6.45) is 4.97. The zero-order valence-electron chi connectivity index (χ0n) is 13.1. The second-order valence-corrected chi connectivity index (χ2v) is 6.89. The van der Waals surface area contributed by atoms with Crippen LogP contribution < -0.4 is 10.6 Å². The van der Waals surface area contributed by atoms with E-state index in [0.29, 0.717) is 0 Å². The van der Waals surface area contributed by atoms with Crippen LogP contribution in [0.1, 0.15) is 29.3 Å². The van der Waals surface area contributed by atoms with E-state index in [1.54, 1.807) is 17.5 Å². The third kappa shape index (κ3) is 3.05. The molecule has 6 heteroatoms. The summed E-state index contributed by atoms with van der Waals surface area (Å²) in [5.41, 5.74) is 4.04. The summed E-state index contributed by atoms with van der Waals surface area (Å²) in [6, 6.07) is 11.7. The molecule has 0 saturated carbocycles. The van der Waals surface area contributed by atoms with Crippen molar-refractivity contribution in [3.8, 4) is 11.3 Å². The summed E-state index contributed by atoms with van der Waals surface area (Å²) in [5, 5.41) is 15.0. The van der Waals surface area contributed by atoms with Gasteiger partial charge in [0.1, 0.15) is 0 Å². The third-order valence-corrected chi connectivity index (χ3v) is 5.31. The Hall–Kier alpha value is -2.60. The summed E-state index contributed by atoms with van der Waals surface area (Å²) in [7, 11) is 0. The van der Waals surface area contributed by atoms with E-state index in [0.717, 1.165) is 36.2 Å². The summed E-state index contributed by atoms with van der Waals surface area (Å²) < 4.78 is 0. The number of urea groups is 1. The number of aryl methyl sites for hydroxylation is 1. The van der Waals surface area contributed by atoms with Crippen LogP contribution >= 0.6 is 11.3 Å². The molecule has 0 bridgehead atoms. The molecule has 3 aromatic rings. The van der Waals surface area contributed by atoms with Crippen molar-refractivity contribution in [1.29, 1.82) is 0 Å². The van der Waals surface area contributed by atoms with Crippen LogP contribution in [0.25, 0.3) is 11.3 Å². The third-order valence-electron chi connectivity index (χ3n) is 4.31. The van der Waals surface area contributed by atoms with Gasteiger partial charge in [-0.2, -0.15) is 5.10 Å². The quantitative estimate of drug-likeness (QED) is 0.665. The van der Waals surface area contributed by atoms with Crippen LogP contribution in [0.3, 0.4) is 0 Å². The number of rotatable bonds is 3. The summed E-state index contributed by atoms with van der Waals surface area (Å²) in [4.78, 5) is 13.7. The highest BCUT2D eigenvalue weighted by atomic mass is 32.1. The van der Waals surface area contributed by atoms with Gasteiger partial charge in [-0.15, -0.1) is 11.3 Å². The Morgan fingerprint density at radius 2 is 2.08 bits per heavy atom. The molecule has 0 fully saturated rings. The van der Waals surface area contributed by atoms with Gasteiger partial charge in [0.25, 0.3) is 0 Å². The lowest BCUT2D eigenvalue weighted by Crippen LogP contribution is -2.33. The molecule has 0 radical (unpaired) electrons. The van der Waals surface area contributed by atoms with Crippen molar-refractivity contribution in [3.05, 3.63) is 58.4 Å². The number of anilines is 1. The van der Waals surface area contributed by atoms with Gasteiger partial charge in [-0.05, 0) is 60.0 Å². The maximum Gasteiger partial charge on any atom is 0.319 e. The number of thiophene rings is 1. The van der Waals surface area contributed by atoms with E-state index in [-0.39, 0.29) is 12.1 Å². The van der Waals surface area contributed by atoms with Crippen LogP contribution in [0.15, 0.2) is 48.0 Å². The lowest BCUT2D eigenvalue weighted by Gasteiger charge is -2.23. The van der Waals surface area contributed by atoms with E-state index in [4.69, 9.17) is 0 Å². The van der Waals surface area contributed by atoms with E-state index >= 15 is 0 Å². The molecule has 1 unspecified atom stereocenters. The minimum Gasteiger partial charge on any atom is -0.331 e. The molecule has 5 nitrogen and oxygen atoms in total. The molecule has 2 aromatic heterocycles. The first-order chi connectivity index (χ1) is 11.8. The Bertz CT molecular complexity index is 823. The normalized spacial score (nSPS) is 16.4. The van der Waals surface area contributed by atoms with E-state index in [2.05, 4.69) is 32.3 Å². The number of hydrogen-bond donors (Lipinski definition) is 3. The van der Waals surface area contributed by atoms with Gasteiger partial charge in [0.15, 0.2) is 0 Å². The minimum absolute atomic E-state index is 0.115. The number of nitrogens with zero attached hydrogens (tertiary/aromatic N) is 1. The van der Waals surface area contributed by atoms with Gasteiger partial charge in [0, 0.05) is 16.8 Å². The summed E-state index contributed by atoms with van der Waals surface area (Å²) >= 11 is 1.78. The van der Waals surface area contributed by atoms with Gasteiger partial charge in [-0.3, -0.25) is 5.10 Å². The second kappa shape index (κ2) is 6.49. The average Bonchev–Trinajstić information content (AvgIpc) is 3.27. The molecular weight excluding hydrogens is 320 g/mol. The Kier molecular flexibility index (Phi) is 4.04. The summed E-state index contributed by atoms with van der Waals surface area (Å²) in [5.74, 6) is 0. The highest BCUT2D eigenvalue weighted by Gasteiger charge is 2.22. The first kappa shape index (κ1) is 15.0. The minimum atomic E-state index is -0.159. The van der Waals surface area contributed by atoms with Gasteiger partial charge >= 0.3 is 6.03 Å². The molecule has 2 heterocycles. The fraction of sp³-hybridized carbons (Fsp3) is 0.222. The van der Waals surface area contributed by atoms with Crippen molar-refractivity contribution in [2.24, 2.45) is 0 Å². The number of nitrogens with one attached hydrogen (secondary N) is 3. The fourth-order valence-corrected chi connectivity index (χ4v) is 4.10. The summed E-state index contributed by atoms with van der Waals surface area (Å²) in [6.45, 7) is 0. The van der Waals surface area contributed by atoms with E-state index in [1.165, 1.54) is 10.4 Å². The van der Waals surface area contributed by atoms with Gasteiger partial charge in [-0.1, -0.05) is 12.1 Å². The smallest absolute Gasteiger partial charge is 0.319 e. The van der Waals surface area contributed by atoms with Crippen molar-refractivity contribution in [1.82, 2.24) is 15.5 Å². The predicted molar refractivity (Wildman–Crippen MR) is 96.2 cm³/mol. The monoisotopic (exact) mass is 338 g/mol. The molecule has 24 heavy (non-hydrogen) atoms. The molecule has 4 rings (SSSR count). The number of hydrogen-bond acceptors (Lipinski definition) is 3. The molecule has 0 aliphatic heterocycles. The van der Waals surface area contributed by atoms with Gasteiger partial charge in [0.2, 0.25) is 0 Å². The van der Waals surface area contributed by atoms with Gasteiger partial charge in [-0.25, -0.2) is 4.79 Å². The van der Waals surface area contributed by atoms with Crippen molar-refractivity contribution in [3.63, 3.8) is 0 Å². The Morgan fingerprint density at radius 1 is 1.21 bits per heavy atom. The number of fused-ring (bicyclic) bond motifs is 1. The van der Waals surface area contributed by atoms with Crippen LogP contribution in [-0.4, -0.2) is 16.2 Å². The molecule has 3 N–H and O–H groups in total. The molecule has 1 aliphatic rings. The molecular formula is C18H18N4OS. The first-order valence-electron chi connectivity index (χ1n) is 8.03. The molecule has 0 saturated heterocycles. The van der Waals surface area contributed by atoms with Gasteiger partial charge < -0.3 is 10.6 Å². The molecule has 2 amide bonds. The predicted octanol–water partition coefficient (Wildman–Crippen LogP) is 4.34.